The van der Waals surface area contributed by atoms with Crippen LogP contribution in [0.1, 0.15) is 42.5 Å². The smallest absolute Gasteiger partial charge is 0.253 e. The van der Waals surface area contributed by atoms with Crippen LogP contribution < -0.4 is 10.5 Å². The molecule has 1 amide bonds. The van der Waals surface area contributed by atoms with Crippen LogP contribution in [0, 0.1) is 0 Å². The van der Waals surface area contributed by atoms with E-state index in [4.69, 9.17) is 14.9 Å². The van der Waals surface area contributed by atoms with Crippen LogP contribution in [0.15, 0.2) is 28.7 Å². The molecule has 6 heteroatoms. The molecule has 1 aromatic carbocycles. The summed E-state index contributed by atoms with van der Waals surface area (Å²) in [6.45, 7) is 0.190. The average Bonchev–Trinajstić information content (AvgIpc) is 2.83. The summed E-state index contributed by atoms with van der Waals surface area (Å²) in [6.07, 6.45) is 3.60. The highest BCUT2D eigenvalue weighted by molar-refractivity contribution is 5.77. The highest BCUT2D eigenvalue weighted by Crippen LogP contribution is 2.35. The van der Waals surface area contributed by atoms with Gasteiger partial charge in [-0.2, -0.15) is 0 Å². The van der Waals surface area contributed by atoms with Crippen molar-refractivity contribution < 1.29 is 13.9 Å². The molecule has 0 aliphatic heterocycles. The lowest BCUT2D eigenvalue weighted by atomic mass is 9.85. The Kier molecular flexibility index (Phi) is 3.85. The zero-order valence-corrected chi connectivity index (χ0v) is 11.6. The molecule has 0 unspecified atom stereocenters. The Morgan fingerprint density at radius 3 is 2.86 bits per heavy atom. The van der Waals surface area contributed by atoms with Crippen molar-refractivity contribution in [2.24, 2.45) is 5.73 Å². The predicted octanol–water partition coefficient (Wildman–Crippen LogP) is 1.94. The van der Waals surface area contributed by atoms with Crippen LogP contribution in [-0.2, 0) is 17.8 Å². The number of primary amides is 1. The minimum absolute atomic E-state index is 0.146. The lowest BCUT2D eigenvalue weighted by Gasteiger charge is -2.20. The first-order valence-electron chi connectivity index (χ1n) is 7.03. The van der Waals surface area contributed by atoms with E-state index in [0.717, 1.165) is 18.4 Å². The fourth-order valence-electron chi connectivity index (χ4n) is 2.26. The maximum absolute atomic E-state index is 11.0. The number of rotatable bonds is 6. The van der Waals surface area contributed by atoms with Crippen LogP contribution in [-0.4, -0.2) is 16.1 Å². The highest BCUT2D eigenvalue weighted by Gasteiger charge is 2.25. The van der Waals surface area contributed by atoms with Gasteiger partial charge in [-0.3, -0.25) is 4.79 Å². The van der Waals surface area contributed by atoms with Gasteiger partial charge in [0.25, 0.3) is 5.89 Å². The van der Waals surface area contributed by atoms with Gasteiger partial charge in [0, 0.05) is 11.5 Å². The predicted molar refractivity (Wildman–Crippen MR) is 74.6 cm³/mol. The monoisotopic (exact) mass is 287 g/mol. The van der Waals surface area contributed by atoms with E-state index in [1.165, 1.54) is 6.42 Å². The summed E-state index contributed by atoms with van der Waals surface area (Å²) in [7, 11) is 0. The molecule has 2 aromatic rings. The van der Waals surface area contributed by atoms with E-state index in [2.05, 4.69) is 10.2 Å². The van der Waals surface area contributed by atoms with Crippen LogP contribution in [0.25, 0.3) is 0 Å². The molecule has 6 nitrogen and oxygen atoms in total. The van der Waals surface area contributed by atoms with E-state index >= 15 is 0 Å². The van der Waals surface area contributed by atoms with Crippen molar-refractivity contribution in [1.82, 2.24) is 10.2 Å². The average molecular weight is 287 g/mol. The van der Waals surface area contributed by atoms with Crippen LogP contribution >= 0.6 is 0 Å². The molecule has 110 valence electrons. The summed E-state index contributed by atoms with van der Waals surface area (Å²) in [5.74, 6) is 1.78. The first-order valence-corrected chi connectivity index (χ1v) is 7.03. The second-order valence-electron chi connectivity index (χ2n) is 5.20. The Morgan fingerprint density at radius 1 is 1.33 bits per heavy atom. The van der Waals surface area contributed by atoms with E-state index in [1.807, 2.05) is 18.2 Å². The van der Waals surface area contributed by atoms with E-state index < -0.39 is 5.91 Å². The molecule has 1 fully saturated rings. The second kappa shape index (κ2) is 5.95. The number of ether oxygens (including phenoxy) is 1. The van der Waals surface area contributed by atoms with Gasteiger partial charge in [0.2, 0.25) is 11.8 Å². The molecule has 0 spiro atoms. The van der Waals surface area contributed by atoms with Crippen molar-refractivity contribution in [3.8, 4) is 5.75 Å². The molecule has 1 aliphatic rings. The largest absolute Gasteiger partial charge is 0.484 e. The molecule has 0 radical (unpaired) electrons. The van der Waals surface area contributed by atoms with Gasteiger partial charge < -0.3 is 14.9 Å². The van der Waals surface area contributed by atoms with E-state index in [0.29, 0.717) is 23.4 Å². The number of hydrogen-bond acceptors (Lipinski definition) is 5. The molecule has 2 N–H and O–H groups in total. The quantitative estimate of drug-likeness (QED) is 0.876. The third-order valence-electron chi connectivity index (χ3n) is 3.63. The van der Waals surface area contributed by atoms with Crippen LogP contribution in [0.5, 0.6) is 5.75 Å². The molecule has 0 atom stereocenters. The number of carbonyl (C=O) groups excluding carboxylic acids is 1. The van der Waals surface area contributed by atoms with Gasteiger partial charge in [0.15, 0.2) is 6.61 Å². The Hall–Kier alpha value is -2.37. The van der Waals surface area contributed by atoms with Crippen molar-refractivity contribution in [3.63, 3.8) is 0 Å². The molecule has 3 rings (SSSR count). The Labute approximate surface area is 122 Å². The molecule has 0 saturated heterocycles. The Bertz CT molecular complexity index is 635. The third-order valence-corrected chi connectivity index (χ3v) is 3.63. The van der Waals surface area contributed by atoms with Crippen molar-refractivity contribution >= 4 is 5.91 Å². The lowest BCUT2D eigenvalue weighted by Crippen LogP contribution is -2.14. The highest BCUT2D eigenvalue weighted by atomic mass is 16.5. The number of amides is 1. The van der Waals surface area contributed by atoms with Gasteiger partial charge >= 0.3 is 0 Å². The van der Waals surface area contributed by atoms with E-state index in [-0.39, 0.29) is 13.0 Å². The minimum Gasteiger partial charge on any atom is -0.484 e. The summed E-state index contributed by atoms with van der Waals surface area (Å²) in [5.41, 5.74) is 5.98. The zero-order chi connectivity index (χ0) is 14.7. The van der Waals surface area contributed by atoms with Crippen molar-refractivity contribution in [2.75, 3.05) is 0 Å². The van der Waals surface area contributed by atoms with Crippen molar-refractivity contribution in [1.29, 1.82) is 0 Å². The molecule has 21 heavy (non-hydrogen) atoms. The van der Waals surface area contributed by atoms with E-state index in [1.54, 1.807) is 6.07 Å². The van der Waals surface area contributed by atoms with Crippen molar-refractivity contribution in [2.45, 2.75) is 38.2 Å². The molecule has 1 saturated carbocycles. The van der Waals surface area contributed by atoms with Gasteiger partial charge in [0.1, 0.15) is 5.75 Å². The van der Waals surface area contributed by atoms with E-state index in [9.17, 15) is 4.79 Å². The SMILES string of the molecule is NC(=O)Cc1ccccc1OCc1nnc(C2CCC2)o1. The molecular formula is C15H17N3O3. The number of nitrogens with two attached hydrogens (primary N) is 1. The maximum atomic E-state index is 11.0. The van der Waals surface area contributed by atoms with Crippen molar-refractivity contribution in [3.05, 3.63) is 41.6 Å². The van der Waals surface area contributed by atoms with Gasteiger partial charge in [-0.05, 0) is 18.9 Å². The fourth-order valence-corrected chi connectivity index (χ4v) is 2.26. The summed E-state index contributed by atoms with van der Waals surface area (Å²) < 4.78 is 11.3. The summed E-state index contributed by atoms with van der Waals surface area (Å²) in [6, 6.07) is 7.29. The second-order valence-corrected chi connectivity index (χ2v) is 5.20. The molecular weight excluding hydrogens is 270 g/mol. The standard InChI is InChI=1S/C15H17N3O3/c16-13(19)8-11-4-1-2-7-12(11)20-9-14-17-18-15(21-14)10-5-3-6-10/h1-2,4,7,10H,3,5-6,8-9H2,(H2,16,19). The molecule has 1 aromatic heterocycles. The topological polar surface area (TPSA) is 91.2 Å². The number of aromatic nitrogens is 2. The Morgan fingerprint density at radius 2 is 2.14 bits per heavy atom. The Balaban J connectivity index is 1.64. The molecule has 1 heterocycles. The minimum atomic E-state index is -0.392. The number of nitrogens with zero attached hydrogens (tertiary/aromatic N) is 2. The van der Waals surface area contributed by atoms with Gasteiger partial charge in [-0.1, -0.05) is 24.6 Å². The fraction of sp³-hybridized carbons (Fsp3) is 0.400. The third kappa shape index (κ3) is 3.21. The maximum Gasteiger partial charge on any atom is 0.253 e. The van der Waals surface area contributed by atoms with Gasteiger partial charge in [-0.25, -0.2) is 0 Å². The first-order chi connectivity index (χ1) is 10.2. The number of para-hydroxylation sites is 1. The van der Waals surface area contributed by atoms with Crippen LogP contribution in [0.2, 0.25) is 0 Å². The molecule has 0 bridgehead atoms. The van der Waals surface area contributed by atoms with Crippen LogP contribution in [0.4, 0.5) is 0 Å². The van der Waals surface area contributed by atoms with Crippen LogP contribution in [0.3, 0.4) is 0 Å². The summed E-state index contributed by atoms with van der Waals surface area (Å²) in [5, 5.41) is 8.04. The van der Waals surface area contributed by atoms with Gasteiger partial charge in [-0.15, -0.1) is 10.2 Å². The summed E-state index contributed by atoms with van der Waals surface area (Å²) >= 11 is 0. The normalized spacial score (nSPS) is 14.7. The number of benzene rings is 1. The lowest BCUT2D eigenvalue weighted by molar-refractivity contribution is -0.117. The zero-order valence-electron chi connectivity index (χ0n) is 11.6. The molecule has 1 aliphatic carbocycles. The first kappa shape index (κ1) is 13.6. The number of carbonyl (C=O) groups is 1. The number of hydrogen-bond donors (Lipinski definition) is 1. The summed E-state index contributed by atoms with van der Waals surface area (Å²) in [4.78, 5) is 11.0. The van der Waals surface area contributed by atoms with Gasteiger partial charge in [0.05, 0.1) is 6.42 Å².